The molecule has 0 spiro atoms. The maximum atomic E-state index is 12.8. The quantitative estimate of drug-likeness (QED) is 0.444. The molecule has 0 fully saturated rings. The van der Waals surface area contributed by atoms with Crippen LogP contribution in [0, 0.1) is 0 Å². The van der Waals surface area contributed by atoms with E-state index in [-0.39, 0.29) is 29.3 Å². The zero-order chi connectivity index (χ0) is 22.2. The molecule has 162 valence electrons. The van der Waals surface area contributed by atoms with Crippen molar-refractivity contribution in [3.8, 4) is 0 Å². The summed E-state index contributed by atoms with van der Waals surface area (Å²) in [6.07, 6.45) is 0.781. The number of para-hydroxylation sites is 1. The number of nitrogens with one attached hydrogen (secondary N) is 3. The third-order valence-electron chi connectivity index (χ3n) is 4.60. The predicted octanol–water partition coefficient (Wildman–Crippen LogP) is 3.20. The van der Waals surface area contributed by atoms with Gasteiger partial charge in [-0.1, -0.05) is 61.2 Å². The molecule has 31 heavy (non-hydrogen) atoms. The maximum Gasteiger partial charge on any atom is 0.343 e. The molecule has 0 saturated carbocycles. The molecule has 1 atom stereocenters. The van der Waals surface area contributed by atoms with Crippen molar-refractivity contribution in [1.82, 2.24) is 20.1 Å². The SMILES string of the molecule is CCCn1c(SCC(=O)Nc2ccccc2C(=O)NC(C)c2ccccc2)n[nH]c1=O. The molecule has 0 aliphatic heterocycles. The summed E-state index contributed by atoms with van der Waals surface area (Å²) in [6.45, 7) is 4.40. The molecule has 3 N–H and O–H groups in total. The van der Waals surface area contributed by atoms with E-state index in [4.69, 9.17) is 0 Å². The number of hydrogen-bond acceptors (Lipinski definition) is 5. The number of aromatic nitrogens is 3. The molecule has 1 unspecified atom stereocenters. The van der Waals surface area contributed by atoms with Crippen LogP contribution < -0.4 is 16.3 Å². The van der Waals surface area contributed by atoms with Crippen LogP contribution in [0.3, 0.4) is 0 Å². The van der Waals surface area contributed by atoms with E-state index >= 15 is 0 Å². The van der Waals surface area contributed by atoms with Gasteiger partial charge in [-0.3, -0.25) is 14.2 Å². The second-order valence-electron chi connectivity index (χ2n) is 6.95. The summed E-state index contributed by atoms with van der Waals surface area (Å²) in [5.74, 6) is -0.506. The Morgan fingerprint density at radius 2 is 1.84 bits per heavy atom. The number of thioether (sulfide) groups is 1. The van der Waals surface area contributed by atoms with Gasteiger partial charge in [0.1, 0.15) is 0 Å². The van der Waals surface area contributed by atoms with Crippen molar-refractivity contribution in [2.45, 2.75) is 38.0 Å². The molecule has 1 aromatic heterocycles. The molecule has 0 bridgehead atoms. The van der Waals surface area contributed by atoms with Crippen LogP contribution in [0.1, 0.15) is 42.2 Å². The van der Waals surface area contributed by atoms with E-state index in [2.05, 4.69) is 20.8 Å². The van der Waals surface area contributed by atoms with Crippen LogP contribution in [0.15, 0.2) is 64.5 Å². The molecule has 3 rings (SSSR count). The Morgan fingerprint density at radius 3 is 2.58 bits per heavy atom. The zero-order valence-electron chi connectivity index (χ0n) is 17.4. The molecule has 1 heterocycles. The van der Waals surface area contributed by atoms with Crippen LogP contribution in [0.2, 0.25) is 0 Å². The molecule has 3 aromatic rings. The van der Waals surface area contributed by atoms with Crippen LogP contribution in [0.4, 0.5) is 5.69 Å². The molecule has 0 radical (unpaired) electrons. The number of rotatable bonds is 9. The fourth-order valence-electron chi connectivity index (χ4n) is 3.04. The Hall–Kier alpha value is -3.33. The van der Waals surface area contributed by atoms with Gasteiger partial charge in [0.2, 0.25) is 5.91 Å². The Balaban J connectivity index is 1.64. The average molecular weight is 440 g/mol. The van der Waals surface area contributed by atoms with Gasteiger partial charge < -0.3 is 10.6 Å². The minimum absolute atomic E-state index is 0.0599. The van der Waals surface area contributed by atoms with E-state index in [0.29, 0.717) is 23.0 Å². The number of anilines is 1. The zero-order valence-corrected chi connectivity index (χ0v) is 18.2. The molecular formula is C22H25N5O3S. The van der Waals surface area contributed by atoms with Crippen LogP contribution >= 0.6 is 11.8 Å². The van der Waals surface area contributed by atoms with Crippen molar-refractivity contribution in [3.63, 3.8) is 0 Å². The van der Waals surface area contributed by atoms with Gasteiger partial charge in [-0.25, -0.2) is 9.89 Å². The van der Waals surface area contributed by atoms with Gasteiger partial charge in [0.25, 0.3) is 5.91 Å². The minimum atomic E-state index is -0.292. The topological polar surface area (TPSA) is 109 Å². The maximum absolute atomic E-state index is 12.8. The van der Waals surface area contributed by atoms with Crippen molar-refractivity contribution in [3.05, 3.63) is 76.2 Å². The average Bonchev–Trinajstić information content (AvgIpc) is 3.13. The van der Waals surface area contributed by atoms with Crippen molar-refractivity contribution in [1.29, 1.82) is 0 Å². The van der Waals surface area contributed by atoms with Gasteiger partial charge in [0.05, 0.1) is 23.0 Å². The summed E-state index contributed by atoms with van der Waals surface area (Å²) in [5.41, 5.74) is 1.51. The summed E-state index contributed by atoms with van der Waals surface area (Å²) < 4.78 is 1.50. The van der Waals surface area contributed by atoms with Gasteiger partial charge in [0.15, 0.2) is 5.16 Å². The first kappa shape index (κ1) is 22.4. The van der Waals surface area contributed by atoms with Crippen LogP contribution in [0.5, 0.6) is 0 Å². The number of aromatic amines is 1. The summed E-state index contributed by atoms with van der Waals surface area (Å²) in [5, 5.41) is 12.6. The van der Waals surface area contributed by atoms with Gasteiger partial charge in [0, 0.05) is 6.54 Å². The van der Waals surface area contributed by atoms with Gasteiger partial charge in [-0.15, -0.1) is 5.10 Å². The number of hydrogen-bond donors (Lipinski definition) is 3. The molecule has 0 aliphatic carbocycles. The summed E-state index contributed by atoms with van der Waals surface area (Å²) >= 11 is 1.17. The third kappa shape index (κ3) is 5.85. The lowest BCUT2D eigenvalue weighted by atomic mass is 10.1. The van der Waals surface area contributed by atoms with E-state index in [1.807, 2.05) is 44.2 Å². The Morgan fingerprint density at radius 1 is 1.13 bits per heavy atom. The monoisotopic (exact) mass is 439 g/mol. The molecule has 9 heteroatoms. The highest BCUT2D eigenvalue weighted by Gasteiger charge is 2.17. The number of benzene rings is 2. The van der Waals surface area contributed by atoms with Crippen molar-refractivity contribution in [2.75, 3.05) is 11.1 Å². The number of nitrogens with zero attached hydrogens (tertiary/aromatic N) is 2. The highest BCUT2D eigenvalue weighted by molar-refractivity contribution is 7.99. The van der Waals surface area contributed by atoms with E-state index in [0.717, 1.165) is 12.0 Å². The van der Waals surface area contributed by atoms with Gasteiger partial charge >= 0.3 is 5.69 Å². The first-order valence-corrected chi connectivity index (χ1v) is 11.0. The largest absolute Gasteiger partial charge is 0.345 e. The highest BCUT2D eigenvalue weighted by Crippen LogP contribution is 2.19. The lowest BCUT2D eigenvalue weighted by Gasteiger charge is -2.16. The first-order chi connectivity index (χ1) is 15.0. The number of carbonyl (C=O) groups excluding carboxylic acids is 2. The van der Waals surface area contributed by atoms with Crippen LogP contribution in [0.25, 0.3) is 0 Å². The normalized spacial score (nSPS) is 11.7. The highest BCUT2D eigenvalue weighted by atomic mass is 32.2. The number of H-pyrrole nitrogens is 1. The second kappa shape index (κ2) is 10.6. The predicted molar refractivity (Wildman–Crippen MR) is 121 cm³/mol. The van der Waals surface area contributed by atoms with E-state index in [9.17, 15) is 14.4 Å². The number of carbonyl (C=O) groups is 2. The summed E-state index contributed by atoms with van der Waals surface area (Å²) in [6, 6.07) is 16.3. The lowest BCUT2D eigenvalue weighted by Crippen LogP contribution is -2.28. The molecule has 0 aliphatic rings. The van der Waals surface area contributed by atoms with Crippen molar-refractivity contribution in [2.24, 2.45) is 0 Å². The van der Waals surface area contributed by atoms with Crippen LogP contribution in [-0.2, 0) is 11.3 Å². The fraction of sp³-hybridized carbons (Fsp3) is 0.273. The van der Waals surface area contributed by atoms with Crippen LogP contribution in [-0.4, -0.2) is 32.3 Å². The molecule has 8 nitrogen and oxygen atoms in total. The smallest absolute Gasteiger partial charge is 0.343 e. The Labute approximate surface area is 184 Å². The lowest BCUT2D eigenvalue weighted by molar-refractivity contribution is -0.113. The molecule has 2 aromatic carbocycles. The van der Waals surface area contributed by atoms with E-state index in [1.165, 1.54) is 16.3 Å². The molecule has 2 amide bonds. The standard InChI is InChI=1S/C22H25N5O3S/c1-3-13-27-21(30)25-26-22(27)31-14-19(28)24-18-12-8-7-11-17(18)20(29)23-15(2)16-9-5-4-6-10-16/h4-12,15H,3,13-14H2,1-2H3,(H,23,29)(H,24,28)(H,25,30). The Kier molecular flexibility index (Phi) is 7.66. The van der Waals surface area contributed by atoms with Gasteiger partial charge in [-0.05, 0) is 31.0 Å². The van der Waals surface area contributed by atoms with E-state index in [1.54, 1.807) is 24.3 Å². The molecular weight excluding hydrogens is 414 g/mol. The number of amides is 2. The second-order valence-corrected chi connectivity index (χ2v) is 7.89. The van der Waals surface area contributed by atoms with Crippen molar-refractivity contribution < 1.29 is 9.59 Å². The first-order valence-electron chi connectivity index (χ1n) is 10.0. The fourth-order valence-corrected chi connectivity index (χ4v) is 3.81. The van der Waals surface area contributed by atoms with E-state index < -0.39 is 0 Å². The summed E-state index contributed by atoms with van der Waals surface area (Å²) in [4.78, 5) is 37.1. The van der Waals surface area contributed by atoms with Crippen molar-refractivity contribution >= 4 is 29.3 Å². The molecule has 0 saturated heterocycles. The van der Waals surface area contributed by atoms with Gasteiger partial charge in [-0.2, -0.15) is 0 Å². The summed E-state index contributed by atoms with van der Waals surface area (Å²) in [7, 11) is 0. The third-order valence-corrected chi connectivity index (χ3v) is 5.57. The Bertz CT molecular complexity index is 1090. The minimum Gasteiger partial charge on any atom is -0.345 e.